The number of aromatic nitrogens is 2. The van der Waals surface area contributed by atoms with Crippen LogP contribution in [0.4, 0.5) is 21.6 Å². The number of aliphatic imine (C=N–C) groups is 1. The fraction of sp³-hybridized carbons (Fsp3) is 0.133. The summed E-state index contributed by atoms with van der Waals surface area (Å²) in [6.45, 7) is 0.473. The Morgan fingerprint density at radius 3 is 2.72 bits per heavy atom. The van der Waals surface area contributed by atoms with Gasteiger partial charge in [0, 0.05) is 42.7 Å². The normalized spacial score (nSPS) is 16.2. The second-order valence-electron chi connectivity index (χ2n) is 9.30. The summed E-state index contributed by atoms with van der Waals surface area (Å²) in [4.78, 5) is 42.1. The molecule has 0 fully saturated rings. The summed E-state index contributed by atoms with van der Waals surface area (Å²) in [6.07, 6.45) is 5.89. The van der Waals surface area contributed by atoms with Gasteiger partial charge in [0.1, 0.15) is 5.82 Å². The van der Waals surface area contributed by atoms with E-state index < -0.39 is 17.9 Å². The molecular formula is C30H25FN6O2. The van der Waals surface area contributed by atoms with Crippen molar-refractivity contribution in [2.75, 3.05) is 23.4 Å². The summed E-state index contributed by atoms with van der Waals surface area (Å²) in [5, 5.41) is 2.74. The van der Waals surface area contributed by atoms with E-state index in [1.807, 2.05) is 54.4 Å². The van der Waals surface area contributed by atoms with E-state index in [-0.39, 0.29) is 11.5 Å². The molecule has 0 saturated carbocycles. The molecule has 3 aromatic carbocycles. The van der Waals surface area contributed by atoms with Crippen molar-refractivity contribution in [1.82, 2.24) is 15.3 Å². The molecule has 0 spiro atoms. The van der Waals surface area contributed by atoms with Crippen molar-refractivity contribution < 1.29 is 14.0 Å². The molecule has 2 aliphatic heterocycles. The van der Waals surface area contributed by atoms with Gasteiger partial charge in [0.25, 0.3) is 5.91 Å². The minimum absolute atomic E-state index is 0.276. The van der Waals surface area contributed by atoms with Crippen LogP contribution in [0.2, 0.25) is 0 Å². The first-order valence-corrected chi connectivity index (χ1v) is 12.6. The fourth-order valence-electron chi connectivity index (χ4n) is 5.07. The van der Waals surface area contributed by atoms with E-state index in [0.29, 0.717) is 24.2 Å². The van der Waals surface area contributed by atoms with Crippen LogP contribution in [0, 0.1) is 5.82 Å². The maximum absolute atomic E-state index is 14.9. The van der Waals surface area contributed by atoms with E-state index in [1.165, 1.54) is 12.1 Å². The van der Waals surface area contributed by atoms with Gasteiger partial charge < -0.3 is 20.1 Å². The quantitative estimate of drug-likeness (QED) is 0.373. The number of rotatable bonds is 6. The molecule has 1 aromatic heterocycles. The van der Waals surface area contributed by atoms with Gasteiger partial charge in [-0.3, -0.25) is 9.59 Å². The van der Waals surface area contributed by atoms with Crippen molar-refractivity contribution in [3.05, 3.63) is 113 Å². The van der Waals surface area contributed by atoms with E-state index in [1.54, 1.807) is 41.7 Å². The Morgan fingerprint density at radius 1 is 1.10 bits per heavy atom. The predicted octanol–water partition coefficient (Wildman–Crippen LogP) is 4.21. The maximum atomic E-state index is 14.9. The Hall–Kier alpha value is -5.05. The smallest absolute Gasteiger partial charge is 0.272 e. The molecule has 2 aliphatic rings. The maximum Gasteiger partial charge on any atom is 0.272 e. The minimum Gasteiger partial charge on any atom is -0.349 e. The van der Waals surface area contributed by atoms with Crippen molar-refractivity contribution >= 4 is 40.8 Å². The molecule has 1 unspecified atom stereocenters. The fourth-order valence-corrected chi connectivity index (χ4v) is 5.07. The zero-order valence-corrected chi connectivity index (χ0v) is 21.1. The van der Waals surface area contributed by atoms with Crippen LogP contribution < -0.4 is 15.1 Å². The summed E-state index contributed by atoms with van der Waals surface area (Å²) >= 11 is 0. The molecule has 0 saturated heterocycles. The zero-order valence-electron chi connectivity index (χ0n) is 21.1. The van der Waals surface area contributed by atoms with Crippen LogP contribution in [0.5, 0.6) is 0 Å². The number of aromatic amines is 1. The van der Waals surface area contributed by atoms with Gasteiger partial charge in [0.2, 0.25) is 12.1 Å². The molecular weight excluding hydrogens is 495 g/mol. The molecule has 0 aliphatic carbocycles. The van der Waals surface area contributed by atoms with Crippen molar-refractivity contribution in [2.24, 2.45) is 4.99 Å². The number of halogens is 1. The summed E-state index contributed by atoms with van der Waals surface area (Å²) in [6, 6.07) is 19.6. The Morgan fingerprint density at radius 2 is 1.90 bits per heavy atom. The number of H-pyrrole nitrogens is 1. The number of nitrogens with one attached hydrogen (secondary N) is 2. The number of amides is 2. The molecule has 0 radical (unpaired) electrons. The lowest BCUT2D eigenvalue weighted by molar-refractivity contribution is -0.125. The van der Waals surface area contributed by atoms with Crippen molar-refractivity contribution in [3.63, 3.8) is 0 Å². The molecule has 3 heterocycles. The van der Waals surface area contributed by atoms with Crippen LogP contribution in [0.15, 0.2) is 90.3 Å². The number of benzene rings is 3. The van der Waals surface area contributed by atoms with Crippen LogP contribution in [0.1, 0.15) is 22.3 Å². The minimum atomic E-state index is -1.21. The van der Waals surface area contributed by atoms with Gasteiger partial charge in [-0.15, -0.1) is 0 Å². The van der Waals surface area contributed by atoms with Crippen LogP contribution in [-0.2, 0) is 16.0 Å². The van der Waals surface area contributed by atoms with Gasteiger partial charge in [-0.1, -0.05) is 48.5 Å². The van der Waals surface area contributed by atoms with E-state index in [2.05, 4.69) is 20.3 Å². The van der Waals surface area contributed by atoms with Gasteiger partial charge in [0.05, 0.1) is 17.7 Å². The second-order valence-corrected chi connectivity index (χ2v) is 9.30. The highest BCUT2D eigenvalue weighted by atomic mass is 19.1. The van der Waals surface area contributed by atoms with Gasteiger partial charge >= 0.3 is 0 Å². The molecule has 2 amide bonds. The first-order chi connectivity index (χ1) is 19.0. The van der Waals surface area contributed by atoms with Crippen molar-refractivity contribution in [1.29, 1.82) is 0 Å². The number of carbonyl (C=O) groups is 2. The van der Waals surface area contributed by atoms with E-state index in [4.69, 9.17) is 0 Å². The topological polar surface area (TPSA) is 93.7 Å². The highest BCUT2D eigenvalue weighted by Crippen LogP contribution is 2.36. The number of carbonyl (C=O) groups excluding carboxylic acids is 2. The van der Waals surface area contributed by atoms with Crippen LogP contribution in [0.25, 0.3) is 6.08 Å². The summed E-state index contributed by atoms with van der Waals surface area (Å²) in [5.41, 5.74) is 4.64. The molecule has 39 heavy (non-hydrogen) atoms. The zero-order chi connectivity index (χ0) is 26.9. The number of anilines is 3. The highest BCUT2D eigenvalue weighted by Gasteiger charge is 2.37. The van der Waals surface area contributed by atoms with Crippen LogP contribution in [0.3, 0.4) is 0 Å². The number of hydrogen-bond donors (Lipinski definition) is 2. The number of imidazole rings is 1. The third-order valence-corrected chi connectivity index (χ3v) is 6.96. The number of para-hydroxylation sites is 2. The average molecular weight is 521 g/mol. The van der Waals surface area contributed by atoms with Gasteiger partial charge in [0.15, 0.2) is 5.82 Å². The lowest BCUT2D eigenvalue weighted by Gasteiger charge is -2.20. The molecule has 0 bridgehead atoms. The largest absolute Gasteiger partial charge is 0.349 e. The molecule has 1 atom stereocenters. The SMILES string of the molecule is CN(c1c[nH]cn1)c1ccccc1/C=C/C(=O)NC1N=C(c2ccccc2F)c2cccc3c2N(CC3)C1=O. The van der Waals surface area contributed by atoms with Crippen molar-refractivity contribution in [3.8, 4) is 0 Å². The highest BCUT2D eigenvalue weighted by molar-refractivity contribution is 6.21. The van der Waals surface area contributed by atoms with E-state index in [0.717, 1.165) is 28.3 Å². The first-order valence-electron chi connectivity index (χ1n) is 12.6. The van der Waals surface area contributed by atoms with Crippen LogP contribution >= 0.6 is 0 Å². The summed E-state index contributed by atoms with van der Waals surface area (Å²) < 4.78 is 14.9. The molecule has 9 heteroatoms. The molecule has 4 aromatic rings. The Balaban J connectivity index is 1.32. The van der Waals surface area contributed by atoms with E-state index in [9.17, 15) is 14.0 Å². The Labute approximate surface area is 224 Å². The second kappa shape index (κ2) is 10.0. The number of hydrogen-bond acceptors (Lipinski definition) is 5. The molecule has 194 valence electrons. The average Bonchev–Trinajstić information content (AvgIpc) is 3.63. The molecule has 2 N–H and O–H groups in total. The summed E-state index contributed by atoms with van der Waals surface area (Å²) in [7, 11) is 1.88. The molecule has 8 nitrogen and oxygen atoms in total. The monoisotopic (exact) mass is 520 g/mol. The van der Waals surface area contributed by atoms with Gasteiger partial charge in [-0.25, -0.2) is 14.4 Å². The third-order valence-electron chi connectivity index (χ3n) is 6.96. The van der Waals surface area contributed by atoms with Gasteiger partial charge in [-0.05, 0) is 41.8 Å². The standard InChI is InChI=1S/C30H25FN6O2/c1-36(25-17-32-18-33-25)24-12-5-2-7-19(24)13-14-26(38)34-29-30(39)37-16-15-20-8-6-10-22(28(20)37)27(35-29)21-9-3-4-11-23(21)31/h2-14,17-18,29H,15-16H2,1H3,(H,32,33)(H,34,38)/b14-13+. The van der Waals surface area contributed by atoms with Crippen LogP contribution in [-0.4, -0.2) is 47.3 Å². The Bertz CT molecular complexity index is 1630. The molecule has 6 rings (SSSR count). The van der Waals surface area contributed by atoms with Gasteiger partial charge in [-0.2, -0.15) is 0 Å². The van der Waals surface area contributed by atoms with E-state index >= 15 is 0 Å². The Kier molecular flexibility index (Phi) is 6.24. The third kappa shape index (κ3) is 4.48. The van der Waals surface area contributed by atoms with Crippen molar-refractivity contribution in [2.45, 2.75) is 12.6 Å². The predicted molar refractivity (Wildman–Crippen MR) is 149 cm³/mol. The summed E-state index contributed by atoms with van der Waals surface area (Å²) in [5.74, 6) is -0.570. The number of nitrogens with zero attached hydrogens (tertiary/aromatic N) is 4. The first kappa shape index (κ1) is 24.3. The lowest BCUT2D eigenvalue weighted by Crippen LogP contribution is -2.46. The lowest BCUT2D eigenvalue weighted by atomic mass is 9.98.